The Morgan fingerprint density at radius 1 is 1.12 bits per heavy atom. The van der Waals surface area contributed by atoms with E-state index >= 15 is 0 Å². The second-order valence-corrected chi connectivity index (χ2v) is 4.06. The number of nitrogens with zero attached hydrogens (tertiary/aromatic N) is 2. The molecule has 1 aromatic heterocycles. The monoisotopic (exact) mass is 232 g/mol. The average molecular weight is 233 g/mol. The van der Waals surface area contributed by atoms with Crippen LogP contribution in [0, 0.1) is 13.8 Å². The largest absolute Gasteiger partial charge is 0.240 e. The molecule has 0 unspecified atom stereocenters. The van der Waals surface area contributed by atoms with Crippen LogP contribution in [0.2, 0.25) is 0 Å². The molecule has 3 heteroatoms. The lowest BCUT2D eigenvalue weighted by Gasteiger charge is -2.05. The minimum Gasteiger partial charge on any atom is -0.240 e. The van der Waals surface area contributed by atoms with Crippen LogP contribution in [0.15, 0.2) is 30.5 Å². The third-order valence-electron chi connectivity index (χ3n) is 2.63. The zero-order chi connectivity index (χ0) is 11.5. The second-order valence-electron chi connectivity index (χ2n) is 3.79. The fourth-order valence-corrected chi connectivity index (χ4v) is 1.65. The Morgan fingerprint density at radius 3 is 2.62 bits per heavy atom. The fraction of sp³-hybridized carbons (Fsp3) is 0.231. The number of aromatic nitrogens is 2. The summed E-state index contributed by atoms with van der Waals surface area (Å²) in [6.45, 7) is 4.20. The van der Waals surface area contributed by atoms with E-state index in [1.165, 1.54) is 11.1 Å². The van der Waals surface area contributed by atoms with E-state index in [-0.39, 0.29) is 0 Å². The zero-order valence-electron chi connectivity index (χ0n) is 9.37. The highest BCUT2D eigenvalue weighted by Gasteiger charge is 2.02. The molecule has 0 radical (unpaired) electrons. The number of hydrogen-bond acceptors (Lipinski definition) is 2. The number of rotatable bonds is 2. The average Bonchev–Trinajstić information content (AvgIpc) is 2.33. The minimum atomic E-state index is 0.346. The number of halogens is 1. The topological polar surface area (TPSA) is 25.8 Å². The lowest BCUT2D eigenvalue weighted by atomic mass is 10.0. The zero-order valence-corrected chi connectivity index (χ0v) is 10.1. The van der Waals surface area contributed by atoms with Crippen molar-refractivity contribution in [3.05, 3.63) is 47.4 Å². The van der Waals surface area contributed by atoms with Crippen LogP contribution in [0.25, 0.3) is 11.3 Å². The van der Waals surface area contributed by atoms with Crippen LogP contribution in [-0.2, 0) is 5.88 Å². The Balaban J connectivity index is 2.46. The molecule has 0 saturated heterocycles. The molecule has 0 N–H and O–H groups in total. The van der Waals surface area contributed by atoms with Crippen LogP contribution in [0.5, 0.6) is 0 Å². The van der Waals surface area contributed by atoms with Gasteiger partial charge >= 0.3 is 0 Å². The first-order valence-corrected chi connectivity index (χ1v) is 5.69. The molecule has 1 heterocycles. The third kappa shape index (κ3) is 2.22. The van der Waals surface area contributed by atoms with Gasteiger partial charge in [-0.3, -0.25) is 0 Å². The molecule has 0 saturated carbocycles. The van der Waals surface area contributed by atoms with E-state index in [0.29, 0.717) is 11.7 Å². The summed E-state index contributed by atoms with van der Waals surface area (Å²) in [5, 5.41) is 0. The summed E-state index contributed by atoms with van der Waals surface area (Å²) in [5.74, 6) is 1.01. The van der Waals surface area contributed by atoms with Gasteiger partial charge in [0.2, 0.25) is 0 Å². The Labute approximate surface area is 100 Å². The van der Waals surface area contributed by atoms with Crippen molar-refractivity contribution >= 4 is 11.6 Å². The maximum atomic E-state index is 5.72. The molecule has 0 fully saturated rings. The number of benzene rings is 1. The molecular weight excluding hydrogens is 220 g/mol. The molecule has 0 aliphatic heterocycles. The van der Waals surface area contributed by atoms with Crippen LogP contribution in [-0.4, -0.2) is 9.97 Å². The van der Waals surface area contributed by atoms with Gasteiger partial charge in [0.25, 0.3) is 0 Å². The number of alkyl halides is 1. The summed E-state index contributed by atoms with van der Waals surface area (Å²) in [6, 6.07) is 8.21. The second kappa shape index (κ2) is 4.62. The van der Waals surface area contributed by atoms with Crippen LogP contribution in [0.1, 0.15) is 17.0 Å². The molecule has 82 valence electrons. The first-order valence-electron chi connectivity index (χ1n) is 5.16. The lowest BCUT2D eigenvalue weighted by Crippen LogP contribution is -1.93. The Kier molecular flexibility index (Phi) is 3.20. The quantitative estimate of drug-likeness (QED) is 0.741. The molecule has 0 bridgehead atoms. The predicted molar refractivity (Wildman–Crippen MR) is 66.5 cm³/mol. The molecule has 0 amide bonds. The Hall–Kier alpha value is -1.41. The summed E-state index contributed by atoms with van der Waals surface area (Å²) in [4.78, 5) is 8.47. The molecule has 2 rings (SSSR count). The van der Waals surface area contributed by atoms with E-state index in [9.17, 15) is 0 Å². The van der Waals surface area contributed by atoms with Gasteiger partial charge in [-0.15, -0.1) is 11.6 Å². The molecule has 1 aromatic carbocycles. The van der Waals surface area contributed by atoms with Crippen LogP contribution >= 0.6 is 11.6 Å². The Morgan fingerprint density at radius 2 is 1.94 bits per heavy atom. The summed E-state index contributed by atoms with van der Waals surface area (Å²) >= 11 is 5.72. The van der Waals surface area contributed by atoms with Crippen LogP contribution < -0.4 is 0 Å². The van der Waals surface area contributed by atoms with Crippen molar-refractivity contribution in [2.24, 2.45) is 0 Å². The highest BCUT2D eigenvalue weighted by molar-refractivity contribution is 6.16. The van der Waals surface area contributed by atoms with Crippen LogP contribution in [0.4, 0.5) is 0 Å². The molecule has 2 aromatic rings. The number of hydrogen-bond donors (Lipinski definition) is 0. The molecule has 2 nitrogen and oxygen atoms in total. The van der Waals surface area contributed by atoms with Crippen molar-refractivity contribution in [2.45, 2.75) is 19.7 Å². The molecule has 0 spiro atoms. The smallest absolute Gasteiger partial charge is 0.143 e. The predicted octanol–water partition coefficient (Wildman–Crippen LogP) is 3.50. The Bertz CT molecular complexity index is 509. The lowest BCUT2D eigenvalue weighted by molar-refractivity contribution is 1.03. The molecule has 16 heavy (non-hydrogen) atoms. The van der Waals surface area contributed by atoms with E-state index in [2.05, 4.69) is 42.0 Å². The van der Waals surface area contributed by atoms with Gasteiger partial charge in [0.05, 0.1) is 11.6 Å². The van der Waals surface area contributed by atoms with Crippen molar-refractivity contribution in [2.75, 3.05) is 0 Å². The molecular formula is C13H13ClN2. The first kappa shape index (κ1) is 11.1. The van der Waals surface area contributed by atoms with Gasteiger partial charge in [0, 0.05) is 11.8 Å². The van der Waals surface area contributed by atoms with Gasteiger partial charge < -0.3 is 0 Å². The van der Waals surface area contributed by atoms with Gasteiger partial charge in [0.1, 0.15) is 5.82 Å². The van der Waals surface area contributed by atoms with E-state index in [1.54, 1.807) is 6.20 Å². The highest BCUT2D eigenvalue weighted by Crippen LogP contribution is 2.20. The van der Waals surface area contributed by atoms with E-state index in [1.807, 2.05) is 6.07 Å². The standard InChI is InChI=1S/C13H13ClN2/c1-9-3-4-11(7-10(9)2)12-5-6-15-13(8-14)16-12/h3-7H,8H2,1-2H3. The molecule has 0 aliphatic rings. The van der Waals surface area contributed by atoms with E-state index in [4.69, 9.17) is 11.6 Å². The van der Waals surface area contributed by atoms with Gasteiger partial charge in [-0.1, -0.05) is 12.1 Å². The third-order valence-corrected chi connectivity index (χ3v) is 2.87. The minimum absolute atomic E-state index is 0.346. The number of aryl methyl sites for hydroxylation is 2. The van der Waals surface area contributed by atoms with Crippen molar-refractivity contribution in [3.63, 3.8) is 0 Å². The first-order chi connectivity index (χ1) is 7.70. The maximum Gasteiger partial charge on any atom is 0.143 e. The maximum absolute atomic E-state index is 5.72. The molecule has 0 atom stereocenters. The van der Waals surface area contributed by atoms with Crippen molar-refractivity contribution in [1.29, 1.82) is 0 Å². The van der Waals surface area contributed by atoms with Crippen LogP contribution in [0.3, 0.4) is 0 Å². The fourth-order valence-electron chi connectivity index (χ4n) is 1.52. The van der Waals surface area contributed by atoms with Gasteiger partial charge in [-0.2, -0.15) is 0 Å². The normalized spacial score (nSPS) is 10.4. The summed E-state index contributed by atoms with van der Waals surface area (Å²) in [5.41, 5.74) is 4.59. The van der Waals surface area contributed by atoms with Crippen molar-refractivity contribution < 1.29 is 0 Å². The van der Waals surface area contributed by atoms with Crippen molar-refractivity contribution in [3.8, 4) is 11.3 Å². The summed E-state index contributed by atoms with van der Waals surface area (Å²) in [6.07, 6.45) is 1.75. The summed E-state index contributed by atoms with van der Waals surface area (Å²) < 4.78 is 0. The van der Waals surface area contributed by atoms with Gasteiger partial charge in [-0.25, -0.2) is 9.97 Å². The van der Waals surface area contributed by atoms with E-state index in [0.717, 1.165) is 11.3 Å². The van der Waals surface area contributed by atoms with Crippen molar-refractivity contribution in [1.82, 2.24) is 9.97 Å². The summed E-state index contributed by atoms with van der Waals surface area (Å²) in [7, 11) is 0. The SMILES string of the molecule is Cc1ccc(-c2ccnc(CCl)n2)cc1C. The van der Waals surface area contributed by atoms with Gasteiger partial charge in [-0.05, 0) is 37.1 Å². The highest BCUT2D eigenvalue weighted by atomic mass is 35.5. The van der Waals surface area contributed by atoms with Gasteiger partial charge in [0.15, 0.2) is 0 Å². The van der Waals surface area contributed by atoms with E-state index < -0.39 is 0 Å². The molecule has 0 aliphatic carbocycles.